The number of hydrogen-bond donors (Lipinski definition) is 0. The maximum absolute atomic E-state index is 11.4. The van der Waals surface area contributed by atoms with Gasteiger partial charge in [-0.3, -0.25) is 4.79 Å². The first-order chi connectivity index (χ1) is 9.31. The highest BCUT2D eigenvalue weighted by Gasteiger charge is 1.99. The van der Waals surface area contributed by atoms with Gasteiger partial charge in [0.2, 0.25) is 0 Å². The molecule has 2 nitrogen and oxygen atoms in total. The average Bonchev–Trinajstić information content (AvgIpc) is 2.41. The molecule has 2 heteroatoms. The Morgan fingerprint density at radius 2 is 1.42 bits per heavy atom. The zero-order valence-electron chi connectivity index (χ0n) is 12.7. The maximum atomic E-state index is 11.4. The van der Waals surface area contributed by atoms with Gasteiger partial charge >= 0.3 is 5.97 Å². The molecule has 0 aliphatic carbocycles. The number of hydrogen-bond acceptors (Lipinski definition) is 2. The fraction of sp³-hybridized carbons (Fsp3) is 0.706. The van der Waals surface area contributed by atoms with Crippen LogP contribution < -0.4 is 0 Å². The number of esters is 1. The minimum atomic E-state index is -0.109. The molecule has 0 saturated heterocycles. The summed E-state index contributed by atoms with van der Waals surface area (Å²) in [7, 11) is 0. The van der Waals surface area contributed by atoms with Gasteiger partial charge in [0.25, 0.3) is 0 Å². The van der Waals surface area contributed by atoms with Crippen LogP contribution in [0.5, 0.6) is 0 Å². The molecule has 0 aromatic rings. The summed E-state index contributed by atoms with van der Waals surface area (Å²) >= 11 is 0. The standard InChI is InChI=1S/C17H30O2/c1-3-5-7-9-10-11-12-13-15-17(18)19-16-14-8-6-4-2/h9-10,14,16H,3-8,11-13,15H2,1-2H3/b10-9+,16-14+. The van der Waals surface area contributed by atoms with Crippen molar-refractivity contribution in [3.05, 3.63) is 24.5 Å². The van der Waals surface area contributed by atoms with Gasteiger partial charge < -0.3 is 4.74 Å². The summed E-state index contributed by atoms with van der Waals surface area (Å²) in [4.78, 5) is 11.4. The minimum Gasteiger partial charge on any atom is -0.435 e. The highest BCUT2D eigenvalue weighted by atomic mass is 16.5. The van der Waals surface area contributed by atoms with Crippen LogP contribution in [0, 0.1) is 0 Å². The van der Waals surface area contributed by atoms with E-state index < -0.39 is 0 Å². The lowest BCUT2D eigenvalue weighted by Gasteiger charge is -1.98. The van der Waals surface area contributed by atoms with Crippen molar-refractivity contribution in [1.29, 1.82) is 0 Å². The highest BCUT2D eigenvalue weighted by molar-refractivity contribution is 5.69. The van der Waals surface area contributed by atoms with E-state index in [2.05, 4.69) is 26.0 Å². The number of ether oxygens (including phenoxy) is 1. The monoisotopic (exact) mass is 266 g/mol. The van der Waals surface area contributed by atoms with Gasteiger partial charge in [-0.1, -0.05) is 45.3 Å². The number of rotatable bonds is 12. The minimum absolute atomic E-state index is 0.109. The molecule has 0 aromatic heterocycles. The summed E-state index contributed by atoms with van der Waals surface area (Å²) in [5.74, 6) is -0.109. The Balaban J connectivity index is 3.33. The van der Waals surface area contributed by atoms with Gasteiger partial charge in [0.1, 0.15) is 0 Å². The highest BCUT2D eigenvalue weighted by Crippen LogP contribution is 2.04. The van der Waals surface area contributed by atoms with Gasteiger partial charge in [-0.15, -0.1) is 0 Å². The third kappa shape index (κ3) is 14.9. The molecule has 110 valence electrons. The van der Waals surface area contributed by atoms with E-state index >= 15 is 0 Å². The Bertz CT molecular complexity index is 254. The Kier molecular flexibility index (Phi) is 14.2. The van der Waals surface area contributed by atoms with Crippen molar-refractivity contribution in [3.63, 3.8) is 0 Å². The maximum Gasteiger partial charge on any atom is 0.310 e. The summed E-state index contributed by atoms with van der Waals surface area (Å²) in [6, 6.07) is 0. The first kappa shape index (κ1) is 17.9. The van der Waals surface area contributed by atoms with Gasteiger partial charge in [-0.25, -0.2) is 0 Å². The molecule has 0 heterocycles. The van der Waals surface area contributed by atoms with E-state index in [0.717, 1.165) is 32.1 Å². The van der Waals surface area contributed by atoms with Gasteiger partial charge in [-0.05, 0) is 44.6 Å². The summed E-state index contributed by atoms with van der Waals surface area (Å²) < 4.78 is 5.01. The van der Waals surface area contributed by atoms with Gasteiger partial charge in [0.15, 0.2) is 0 Å². The molecule has 0 amide bonds. The Hall–Kier alpha value is -1.05. The zero-order chi connectivity index (χ0) is 14.2. The first-order valence-corrected chi connectivity index (χ1v) is 7.80. The average molecular weight is 266 g/mol. The predicted octanol–water partition coefficient (Wildman–Crippen LogP) is 5.54. The molecule has 0 N–H and O–H groups in total. The summed E-state index contributed by atoms with van der Waals surface area (Å²) in [5.41, 5.74) is 0. The quantitative estimate of drug-likeness (QED) is 0.201. The molecule has 0 unspecified atom stereocenters. The van der Waals surface area contributed by atoms with Crippen LogP contribution in [-0.4, -0.2) is 5.97 Å². The number of carbonyl (C=O) groups excluding carboxylic acids is 1. The second kappa shape index (κ2) is 15.0. The van der Waals surface area contributed by atoms with Gasteiger partial charge in [-0.2, -0.15) is 0 Å². The molecule has 0 aliphatic rings. The molecule has 0 spiro atoms. The molecule has 0 aromatic carbocycles. The third-order valence-electron chi connectivity index (χ3n) is 2.91. The van der Waals surface area contributed by atoms with E-state index in [4.69, 9.17) is 4.74 Å². The van der Waals surface area contributed by atoms with Crippen LogP contribution in [0.3, 0.4) is 0 Å². The van der Waals surface area contributed by atoms with Crippen LogP contribution in [-0.2, 0) is 9.53 Å². The number of unbranched alkanes of at least 4 members (excludes halogenated alkanes) is 6. The van der Waals surface area contributed by atoms with Crippen LogP contribution in [0.15, 0.2) is 24.5 Å². The van der Waals surface area contributed by atoms with E-state index in [1.54, 1.807) is 6.26 Å². The van der Waals surface area contributed by atoms with Crippen molar-refractivity contribution in [2.24, 2.45) is 0 Å². The molecule has 19 heavy (non-hydrogen) atoms. The SMILES string of the molecule is CCCC/C=C/CCCCC(=O)O/C=C/CCCC. The Morgan fingerprint density at radius 1 is 0.842 bits per heavy atom. The second-order valence-electron chi connectivity index (χ2n) is 4.86. The zero-order valence-corrected chi connectivity index (χ0v) is 12.7. The van der Waals surface area contributed by atoms with E-state index in [9.17, 15) is 4.79 Å². The molecule has 0 bridgehead atoms. The summed E-state index contributed by atoms with van der Waals surface area (Å²) in [6.45, 7) is 4.35. The van der Waals surface area contributed by atoms with Crippen molar-refractivity contribution in [1.82, 2.24) is 0 Å². The lowest BCUT2D eigenvalue weighted by Crippen LogP contribution is -1.98. The largest absolute Gasteiger partial charge is 0.435 e. The van der Waals surface area contributed by atoms with E-state index in [-0.39, 0.29) is 5.97 Å². The summed E-state index contributed by atoms with van der Waals surface area (Å²) in [5, 5.41) is 0. The lowest BCUT2D eigenvalue weighted by atomic mass is 10.1. The fourth-order valence-electron chi connectivity index (χ4n) is 1.66. The molecule has 0 saturated carbocycles. The van der Waals surface area contributed by atoms with Crippen LogP contribution in [0.2, 0.25) is 0 Å². The Labute approximate surface area is 118 Å². The molecule has 0 aliphatic heterocycles. The van der Waals surface area contributed by atoms with Crippen molar-refractivity contribution in [3.8, 4) is 0 Å². The van der Waals surface area contributed by atoms with Gasteiger partial charge in [0, 0.05) is 6.42 Å². The van der Waals surface area contributed by atoms with E-state index in [0.29, 0.717) is 6.42 Å². The molecule has 0 rings (SSSR count). The topological polar surface area (TPSA) is 26.3 Å². The molecular formula is C17H30O2. The third-order valence-corrected chi connectivity index (χ3v) is 2.91. The second-order valence-corrected chi connectivity index (χ2v) is 4.86. The predicted molar refractivity (Wildman–Crippen MR) is 81.9 cm³/mol. The molecule has 0 fully saturated rings. The van der Waals surface area contributed by atoms with Crippen LogP contribution in [0.25, 0.3) is 0 Å². The van der Waals surface area contributed by atoms with Crippen LogP contribution in [0.1, 0.15) is 78.1 Å². The molecule has 0 radical (unpaired) electrons. The first-order valence-electron chi connectivity index (χ1n) is 7.80. The normalized spacial score (nSPS) is 11.5. The Morgan fingerprint density at radius 3 is 2.05 bits per heavy atom. The van der Waals surface area contributed by atoms with Crippen LogP contribution >= 0.6 is 0 Å². The molecule has 0 atom stereocenters. The van der Waals surface area contributed by atoms with Crippen molar-refractivity contribution < 1.29 is 9.53 Å². The van der Waals surface area contributed by atoms with Crippen molar-refractivity contribution in [2.75, 3.05) is 0 Å². The van der Waals surface area contributed by atoms with E-state index in [1.807, 2.05) is 6.08 Å². The van der Waals surface area contributed by atoms with E-state index in [1.165, 1.54) is 25.7 Å². The number of carbonyl (C=O) groups is 1. The summed E-state index contributed by atoms with van der Waals surface area (Å²) in [6.07, 6.45) is 18.6. The van der Waals surface area contributed by atoms with Gasteiger partial charge in [0.05, 0.1) is 6.26 Å². The van der Waals surface area contributed by atoms with Crippen LogP contribution in [0.4, 0.5) is 0 Å². The smallest absolute Gasteiger partial charge is 0.310 e. The van der Waals surface area contributed by atoms with Crippen molar-refractivity contribution >= 4 is 5.97 Å². The lowest BCUT2D eigenvalue weighted by molar-refractivity contribution is -0.138. The fourth-order valence-corrected chi connectivity index (χ4v) is 1.66. The number of allylic oxidation sites excluding steroid dienone is 3. The van der Waals surface area contributed by atoms with Crippen molar-refractivity contribution in [2.45, 2.75) is 78.1 Å². The molecular weight excluding hydrogens is 236 g/mol.